The largest absolute Gasteiger partial charge is 0.508 e. The highest BCUT2D eigenvalue weighted by Gasteiger charge is 2.14. The fourth-order valence-electron chi connectivity index (χ4n) is 5.97. The molecule has 0 unspecified atom stereocenters. The van der Waals surface area contributed by atoms with Crippen LogP contribution in [0.4, 0.5) is 4.79 Å². The molecule has 0 N–H and O–H groups in total. The number of carbonyl (C=O) groups excluding carboxylic acids is 2. The molecular formula is C41H79NO5. The Bertz CT molecular complexity index is 681. The molecule has 0 bridgehead atoms. The minimum absolute atomic E-state index is 0.0201. The summed E-state index contributed by atoms with van der Waals surface area (Å²) >= 11 is 0. The molecule has 0 amide bonds. The molecule has 0 spiro atoms. The van der Waals surface area contributed by atoms with Crippen molar-refractivity contribution in [1.82, 2.24) is 4.90 Å². The zero-order chi connectivity index (χ0) is 34.5. The molecule has 0 saturated carbocycles. The molecule has 0 aliphatic heterocycles. The van der Waals surface area contributed by atoms with Gasteiger partial charge >= 0.3 is 12.1 Å². The third-order valence-electron chi connectivity index (χ3n) is 9.09. The third kappa shape index (κ3) is 34.1. The predicted octanol–water partition coefficient (Wildman–Crippen LogP) is 12.5. The number of rotatable bonds is 36. The maximum absolute atomic E-state index is 12.6. The van der Waals surface area contributed by atoms with E-state index in [-0.39, 0.29) is 12.1 Å². The van der Waals surface area contributed by atoms with E-state index in [9.17, 15) is 9.59 Å². The lowest BCUT2D eigenvalue weighted by Gasteiger charge is -2.20. The maximum Gasteiger partial charge on any atom is 0.508 e. The highest BCUT2D eigenvalue weighted by molar-refractivity contribution is 5.69. The van der Waals surface area contributed by atoms with E-state index in [0.29, 0.717) is 19.6 Å². The number of ether oxygens (including phenoxy) is 3. The van der Waals surface area contributed by atoms with Gasteiger partial charge in [-0.25, -0.2) is 4.79 Å². The molecule has 0 saturated heterocycles. The number of carbonyl (C=O) groups is 2. The van der Waals surface area contributed by atoms with Gasteiger partial charge in [0, 0.05) is 6.42 Å². The van der Waals surface area contributed by atoms with Crippen molar-refractivity contribution in [2.75, 3.05) is 32.8 Å². The molecule has 0 rings (SSSR count). The Kier molecular flexibility index (Phi) is 36.0. The molecule has 0 aromatic heterocycles. The Morgan fingerprint density at radius 3 is 1.64 bits per heavy atom. The van der Waals surface area contributed by atoms with Gasteiger partial charge in [-0.15, -0.1) is 0 Å². The Hall–Kier alpha value is -1.56. The number of allylic oxidation sites excluding steroid dienone is 1. The van der Waals surface area contributed by atoms with Gasteiger partial charge in [0.2, 0.25) is 0 Å². The highest BCUT2D eigenvalue weighted by atomic mass is 16.7. The lowest BCUT2D eigenvalue weighted by Crippen LogP contribution is -2.26. The molecule has 0 aromatic carbocycles. The average Bonchev–Trinajstić information content (AvgIpc) is 3.07. The highest BCUT2D eigenvalue weighted by Crippen LogP contribution is 2.18. The number of esters is 1. The van der Waals surface area contributed by atoms with Crippen LogP contribution in [0, 0.1) is 0 Å². The maximum atomic E-state index is 12.6. The SMILES string of the molecule is CCCCC/C=C\CCOC(=O)OCCCCN(CC)CCCCCCCC(=O)OC(CCCCCCCC)CCCCCCCC. The number of hydrogen-bond acceptors (Lipinski definition) is 6. The second-order valence-corrected chi connectivity index (χ2v) is 13.6. The van der Waals surface area contributed by atoms with Gasteiger partial charge in [-0.1, -0.05) is 136 Å². The van der Waals surface area contributed by atoms with E-state index in [4.69, 9.17) is 14.2 Å². The summed E-state index contributed by atoms with van der Waals surface area (Å²) in [5.41, 5.74) is 0. The van der Waals surface area contributed by atoms with Gasteiger partial charge < -0.3 is 19.1 Å². The van der Waals surface area contributed by atoms with Crippen LogP contribution in [0.25, 0.3) is 0 Å². The van der Waals surface area contributed by atoms with Crippen molar-refractivity contribution in [2.24, 2.45) is 0 Å². The van der Waals surface area contributed by atoms with Gasteiger partial charge in [0.25, 0.3) is 0 Å². The molecule has 278 valence electrons. The van der Waals surface area contributed by atoms with Crippen LogP contribution in [0.5, 0.6) is 0 Å². The van der Waals surface area contributed by atoms with Crippen LogP contribution in [-0.4, -0.2) is 56.0 Å². The molecule has 0 fully saturated rings. The molecule has 0 heterocycles. The number of unbranched alkanes of at least 4 members (excludes halogenated alkanes) is 18. The molecule has 0 atom stereocenters. The first-order chi connectivity index (χ1) is 23.1. The smallest absolute Gasteiger partial charge is 0.462 e. The molecule has 47 heavy (non-hydrogen) atoms. The Labute approximate surface area is 292 Å². The van der Waals surface area contributed by atoms with Gasteiger partial charge in [0.1, 0.15) is 6.10 Å². The summed E-state index contributed by atoms with van der Waals surface area (Å²) < 4.78 is 16.4. The topological polar surface area (TPSA) is 65.1 Å². The quantitative estimate of drug-likeness (QED) is 0.0377. The number of nitrogens with zero attached hydrogens (tertiary/aromatic N) is 1. The molecule has 6 nitrogen and oxygen atoms in total. The van der Waals surface area contributed by atoms with Crippen LogP contribution in [0.1, 0.15) is 201 Å². The van der Waals surface area contributed by atoms with E-state index in [0.717, 1.165) is 71.0 Å². The van der Waals surface area contributed by atoms with Gasteiger partial charge in [-0.2, -0.15) is 0 Å². The minimum atomic E-state index is -0.550. The molecule has 0 aliphatic carbocycles. The van der Waals surface area contributed by atoms with Crippen molar-refractivity contribution in [3.8, 4) is 0 Å². The lowest BCUT2D eigenvalue weighted by molar-refractivity contribution is -0.150. The van der Waals surface area contributed by atoms with E-state index in [1.807, 2.05) is 0 Å². The third-order valence-corrected chi connectivity index (χ3v) is 9.09. The predicted molar refractivity (Wildman–Crippen MR) is 200 cm³/mol. The van der Waals surface area contributed by atoms with E-state index in [2.05, 4.69) is 44.7 Å². The normalized spacial score (nSPS) is 11.6. The zero-order valence-corrected chi connectivity index (χ0v) is 31.8. The monoisotopic (exact) mass is 666 g/mol. The van der Waals surface area contributed by atoms with Gasteiger partial charge in [-0.3, -0.25) is 4.79 Å². The van der Waals surface area contributed by atoms with Gasteiger partial charge in [-0.05, 0) is 90.3 Å². The molecule has 0 aromatic rings. The first-order valence-electron chi connectivity index (χ1n) is 20.4. The van der Waals surface area contributed by atoms with Gasteiger partial charge in [0.15, 0.2) is 0 Å². The summed E-state index contributed by atoms with van der Waals surface area (Å²) in [5.74, 6) is 0.0201. The standard InChI is InChI=1S/C41H79NO5/c1-5-9-12-15-18-24-30-37-45-41(44)46-38-31-29-36-42(8-4)35-28-23-19-22-27-34-40(43)47-39(32-25-20-16-13-10-6-2)33-26-21-17-14-11-7-3/h18,24,39H,5-17,19-23,25-38H2,1-4H3/b24-18-. The van der Waals surface area contributed by atoms with Crippen molar-refractivity contribution in [3.63, 3.8) is 0 Å². The Morgan fingerprint density at radius 1 is 0.532 bits per heavy atom. The Balaban J connectivity index is 3.93. The minimum Gasteiger partial charge on any atom is -0.462 e. The average molecular weight is 666 g/mol. The van der Waals surface area contributed by atoms with Crippen LogP contribution in [0.15, 0.2) is 12.2 Å². The lowest BCUT2D eigenvalue weighted by atomic mass is 10.0. The second kappa shape index (κ2) is 37.3. The van der Waals surface area contributed by atoms with Crippen LogP contribution in [0.3, 0.4) is 0 Å². The van der Waals surface area contributed by atoms with Crippen molar-refractivity contribution in [3.05, 3.63) is 12.2 Å². The van der Waals surface area contributed by atoms with Crippen molar-refractivity contribution < 1.29 is 23.8 Å². The van der Waals surface area contributed by atoms with Crippen molar-refractivity contribution in [1.29, 1.82) is 0 Å². The summed E-state index contributed by atoms with van der Waals surface area (Å²) in [5, 5.41) is 0. The van der Waals surface area contributed by atoms with Crippen molar-refractivity contribution in [2.45, 2.75) is 207 Å². The zero-order valence-electron chi connectivity index (χ0n) is 31.8. The summed E-state index contributed by atoms with van der Waals surface area (Å²) in [6.45, 7) is 12.9. The summed E-state index contributed by atoms with van der Waals surface area (Å²) in [4.78, 5) is 26.9. The second-order valence-electron chi connectivity index (χ2n) is 13.6. The first kappa shape index (κ1) is 45.4. The fourth-order valence-corrected chi connectivity index (χ4v) is 5.97. The van der Waals surface area contributed by atoms with Crippen LogP contribution >= 0.6 is 0 Å². The van der Waals surface area contributed by atoms with Crippen molar-refractivity contribution >= 4 is 12.1 Å². The first-order valence-corrected chi connectivity index (χ1v) is 20.4. The van der Waals surface area contributed by atoms with Crippen LogP contribution < -0.4 is 0 Å². The fraction of sp³-hybridized carbons (Fsp3) is 0.902. The van der Waals surface area contributed by atoms with E-state index in [1.165, 1.54) is 116 Å². The number of hydrogen-bond donors (Lipinski definition) is 0. The molecule has 0 radical (unpaired) electrons. The van der Waals surface area contributed by atoms with E-state index >= 15 is 0 Å². The van der Waals surface area contributed by atoms with Crippen LogP contribution in [-0.2, 0) is 19.0 Å². The molecule has 6 heteroatoms. The van der Waals surface area contributed by atoms with Gasteiger partial charge in [0.05, 0.1) is 13.2 Å². The van der Waals surface area contributed by atoms with E-state index in [1.54, 1.807) is 0 Å². The summed E-state index contributed by atoms with van der Waals surface area (Å²) in [6.07, 6.45) is 35.0. The summed E-state index contributed by atoms with van der Waals surface area (Å²) in [7, 11) is 0. The summed E-state index contributed by atoms with van der Waals surface area (Å²) in [6, 6.07) is 0. The Morgan fingerprint density at radius 2 is 1.02 bits per heavy atom. The molecular weight excluding hydrogens is 586 g/mol. The molecule has 0 aliphatic rings. The van der Waals surface area contributed by atoms with E-state index < -0.39 is 6.16 Å². The van der Waals surface area contributed by atoms with Crippen LogP contribution in [0.2, 0.25) is 0 Å².